The third-order valence-electron chi connectivity index (χ3n) is 4.78. The van der Waals surface area contributed by atoms with Gasteiger partial charge < -0.3 is 15.2 Å². The predicted molar refractivity (Wildman–Crippen MR) is 111 cm³/mol. The first-order valence-corrected chi connectivity index (χ1v) is 11.8. The van der Waals surface area contributed by atoms with Crippen molar-refractivity contribution < 1.29 is 18.0 Å². The molecule has 29 heavy (non-hydrogen) atoms. The minimum Gasteiger partial charge on any atom is -0.351 e. The summed E-state index contributed by atoms with van der Waals surface area (Å²) in [4.78, 5) is 29.4. The predicted octanol–water partition coefficient (Wildman–Crippen LogP) is 1.51. The van der Waals surface area contributed by atoms with Crippen LogP contribution in [0.3, 0.4) is 0 Å². The summed E-state index contributed by atoms with van der Waals surface area (Å²) in [6.07, 6.45) is 4.21. The lowest BCUT2D eigenvalue weighted by Crippen LogP contribution is -2.48. The van der Waals surface area contributed by atoms with Crippen LogP contribution >= 0.6 is 11.3 Å². The highest BCUT2D eigenvalue weighted by atomic mass is 32.2. The first-order valence-electron chi connectivity index (χ1n) is 9.16. The summed E-state index contributed by atoms with van der Waals surface area (Å²) in [6, 6.07) is 7.86. The first-order chi connectivity index (χ1) is 13.8. The Hall–Kier alpha value is -2.72. The molecule has 3 aromatic rings. The Balaban J connectivity index is 1.42. The van der Waals surface area contributed by atoms with E-state index in [0.29, 0.717) is 12.0 Å². The number of sulfone groups is 1. The summed E-state index contributed by atoms with van der Waals surface area (Å²) in [6.45, 7) is 1.58. The summed E-state index contributed by atoms with van der Waals surface area (Å²) in [7, 11) is -3.08. The van der Waals surface area contributed by atoms with Crippen LogP contribution in [0.5, 0.6) is 0 Å². The van der Waals surface area contributed by atoms with Crippen LogP contribution in [-0.2, 0) is 14.6 Å². The van der Waals surface area contributed by atoms with Crippen molar-refractivity contribution in [3.8, 4) is 5.13 Å². The van der Waals surface area contributed by atoms with Gasteiger partial charge in [0, 0.05) is 24.0 Å². The molecule has 0 aliphatic carbocycles. The molecule has 0 bridgehead atoms. The zero-order chi connectivity index (χ0) is 20.6. The van der Waals surface area contributed by atoms with Gasteiger partial charge in [0.1, 0.15) is 6.04 Å². The summed E-state index contributed by atoms with van der Waals surface area (Å²) >= 11 is 1.47. The number of hydrogen-bond donors (Lipinski definition) is 2. The Morgan fingerprint density at radius 2 is 2.03 bits per heavy atom. The molecule has 2 amide bonds. The molecule has 1 saturated heterocycles. The van der Waals surface area contributed by atoms with Gasteiger partial charge in [-0.25, -0.2) is 13.4 Å². The lowest BCUT2D eigenvalue weighted by Gasteiger charge is -2.17. The van der Waals surface area contributed by atoms with Crippen molar-refractivity contribution >= 4 is 43.2 Å². The van der Waals surface area contributed by atoms with E-state index >= 15 is 0 Å². The molecule has 0 saturated carbocycles. The fraction of sp³-hybridized carbons (Fsp3) is 0.316. The normalized spacial score (nSPS) is 19.1. The van der Waals surface area contributed by atoms with E-state index in [4.69, 9.17) is 0 Å². The minimum atomic E-state index is -3.08. The van der Waals surface area contributed by atoms with Crippen LogP contribution in [0.25, 0.3) is 15.3 Å². The number of nitrogens with one attached hydrogen (secondary N) is 2. The lowest BCUT2D eigenvalue weighted by atomic mass is 10.2. The fourth-order valence-electron chi connectivity index (χ4n) is 3.21. The zero-order valence-electron chi connectivity index (χ0n) is 15.7. The Kier molecular flexibility index (Phi) is 5.13. The van der Waals surface area contributed by atoms with Gasteiger partial charge in [-0.05, 0) is 43.7 Å². The van der Waals surface area contributed by atoms with E-state index in [2.05, 4.69) is 15.6 Å². The standard InChI is InChI=1S/C19H20N4O4S2/c1-12(17(24)21-14-6-9-29(26,27)11-14)20-18(25)13-4-5-15-16(10-13)28-19(22-15)23-7-2-3-8-23/h2-5,7-8,10,12,14H,6,9,11H2,1H3,(H,20,25)(H,21,24)/t12-,14?/m1/s1. The van der Waals surface area contributed by atoms with Gasteiger partial charge in [-0.3, -0.25) is 9.59 Å². The number of thiazole rings is 1. The maximum atomic E-state index is 12.6. The molecule has 1 aromatic carbocycles. The zero-order valence-corrected chi connectivity index (χ0v) is 17.3. The van der Waals surface area contributed by atoms with Gasteiger partial charge in [0.25, 0.3) is 5.91 Å². The lowest BCUT2D eigenvalue weighted by molar-refractivity contribution is -0.123. The van der Waals surface area contributed by atoms with Gasteiger partial charge in [-0.15, -0.1) is 0 Å². The van der Waals surface area contributed by atoms with E-state index in [-0.39, 0.29) is 17.4 Å². The van der Waals surface area contributed by atoms with Crippen LogP contribution < -0.4 is 10.6 Å². The van der Waals surface area contributed by atoms with Gasteiger partial charge in [0.15, 0.2) is 15.0 Å². The van der Waals surface area contributed by atoms with Gasteiger partial charge in [0.2, 0.25) is 5.91 Å². The molecule has 2 aromatic heterocycles. The monoisotopic (exact) mass is 432 g/mol. The Labute approximate surface area is 171 Å². The second-order valence-electron chi connectivity index (χ2n) is 7.07. The van der Waals surface area contributed by atoms with Crippen molar-refractivity contribution in [3.63, 3.8) is 0 Å². The molecule has 10 heteroatoms. The van der Waals surface area contributed by atoms with Crippen molar-refractivity contribution in [2.45, 2.75) is 25.4 Å². The van der Waals surface area contributed by atoms with Crippen LogP contribution in [0, 0.1) is 0 Å². The van der Waals surface area contributed by atoms with Crippen molar-refractivity contribution in [1.82, 2.24) is 20.2 Å². The SMILES string of the molecule is C[C@@H](NC(=O)c1ccc2nc(-n3cccc3)sc2c1)C(=O)NC1CCS(=O)(=O)C1. The Morgan fingerprint density at radius 3 is 2.72 bits per heavy atom. The van der Waals surface area contributed by atoms with Crippen LogP contribution in [0.1, 0.15) is 23.7 Å². The quantitative estimate of drug-likeness (QED) is 0.635. The van der Waals surface area contributed by atoms with E-state index in [1.54, 1.807) is 25.1 Å². The Morgan fingerprint density at radius 1 is 1.28 bits per heavy atom. The van der Waals surface area contributed by atoms with E-state index in [9.17, 15) is 18.0 Å². The molecule has 1 unspecified atom stereocenters. The number of nitrogens with zero attached hydrogens (tertiary/aromatic N) is 2. The summed E-state index contributed by atoms with van der Waals surface area (Å²) in [5, 5.41) is 6.17. The van der Waals surface area contributed by atoms with Gasteiger partial charge >= 0.3 is 0 Å². The molecule has 2 atom stereocenters. The molecule has 2 N–H and O–H groups in total. The Bertz CT molecular complexity index is 1170. The molecule has 0 radical (unpaired) electrons. The van der Waals surface area contributed by atoms with Crippen molar-refractivity contribution in [2.24, 2.45) is 0 Å². The molecular formula is C19H20N4O4S2. The van der Waals surface area contributed by atoms with Crippen LogP contribution in [0.4, 0.5) is 0 Å². The first kappa shape index (κ1) is 19.6. The van der Waals surface area contributed by atoms with E-state index in [0.717, 1.165) is 15.3 Å². The molecule has 1 fully saturated rings. The largest absolute Gasteiger partial charge is 0.351 e. The van der Waals surface area contributed by atoms with Crippen molar-refractivity contribution in [1.29, 1.82) is 0 Å². The number of aromatic nitrogens is 2. The number of fused-ring (bicyclic) bond motifs is 1. The second-order valence-corrected chi connectivity index (χ2v) is 10.3. The van der Waals surface area contributed by atoms with Crippen molar-refractivity contribution in [3.05, 3.63) is 48.3 Å². The highest BCUT2D eigenvalue weighted by molar-refractivity contribution is 7.91. The average molecular weight is 433 g/mol. The highest BCUT2D eigenvalue weighted by Crippen LogP contribution is 2.26. The molecule has 1 aliphatic heterocycles. The topological polar surface area (TPSA) is 110 Å². The number of amides is 2. The number of benzene rings is 1. The van der Waals surface area contributed by atoms with Gasteiger partial charge in [-0.1, -0.05) is 11.3 Å². The van der Waals surface area contributed by atoms with Gasteiger partial charge in [0.05, 0.1) is 21.7 Å². The average Bonchev–Trinajstić information content (AvgIpc) is 3.39. The maximum Gasteiger partial charge on any atom is 0.251 e. The summed E-state index contributed by atoms with van der Waals surface area (Å²) < 4.78 is 25.8. The summed E-state index contributed by atoms with van der Waals surface area (Å²) in [5.74, 6) is -0.734. The smallest absolute Gasteiger partial charge is 0.251 e. The number of rotatable bonds is 5. The van der Waals surface area contributed by atoms with Crippen LogP contribution in [-0.4, -0.2) is 53.4 Å². The fourth-order valence-corrected chi connectivity index (χ4v) is 5.85. The third-order valence-corrected chi connectivity index (χ3v) is 7.58. The number of hydrogen-bond acceptors (Lipinski definition) is 6. The molecule has 4 rings (SSSR count). The summed E-state index contributed by atoms with van der Waals surface area (Å²) in [5.41, 5.74) is 1.23. The molecular weight excluding hydrogens is 412 g/mol. The van der Waals surface area contributed by atoms with E-state index in [1.165, 1.54) is 11.3 Å². The third kappa shape index (κ3) is 4.33. The highest BCUT2D eigenvalue weighted by Gasteiger charge is 2.30. The number of carbonyl (C=O) groups excluding carboxylic acids is 2. The maximum absolute atomic E-state index is 12.6. The van der Waals surface area contributed by atoms with Crippen molar-refractivity contribution in [2.75, 3.05) is 11.5 Å². The van der Waals surface area contributed by atoms with Crippen LogP contribution in [0.2, 0.25) is 0 Å². The van der Waals surface area contributed by atoms with Gasteiger partial charge in [-0.2, -0.15) is 0 Å². The van der Waals surface area contributed by atoms with E-state index in [1.807, 2.05) is 29.1 Å². The second kappa shape index (κ2) is 7.60. The minimum absolute atomic E-state index is 0.0504. The number of carbonyl (C=O) groups is 2. The molecule has 1 aliphatic rings. The van der Waals surface area contributed by atoms with E-state index < -0.39 is 27.8 Å². The molecule has 3 heterocycles. The molecule has 0 spiro atoms. The van der Waals surface area contributed by atoms with Crippen LogP contribution in [0.15, 0.2) is 42.7 Å². The molecule has 152 valence electrons. The molecule has 8 nitrogen and oxygen atoms in total.